The van der Waals surface area contributed by atoms with Gasteiger partial charge >= 0.3 is 0 Å². The molecular formula is C23H38N6. The van der Waals surface area contributed by atoms with Gasteiger partial charge in [0.05, 0.1) is 0 Å². The maximum absolute atomic E-state index is 5.08. The first-order chi connectivity index (χ1) is 14.3. The number of anilines is 2. The van der Waals surface area contributed by atoms with Crippen LogP contribution < -0.4 is 9.80 Å². The highest BCUT2D eigenvalue weighted by Crippen LogP contribution is 2.28. The standard InChI is InChI=1S/C23H38N6/c1-19-18-24-23(29-16-8-21(9-17-29)27-12-4-5-13-27)25-22(19)28-14-6-20(7-15-28)26-10-2-3-11-26/h18,20-21H,2-17H2,1H3. The summed E-state index contributed by atoms with van der Waals surface area (Å²) in [5.41, 5.74) is 1.22. The molecule has 1 aromatic heterocycles. The van der Waals surface area contributed by atoms with Gasteiger partial charge in [-0.3, -0.25) is 0 Å². The summed E-state index contributed by atoms with van der Waals surface area (Å²) in [6.07, 6.45) is 12.7. The van der Waals surface area contributed by atoms with Crippen LogP contribution in [0.2, 0.25) is 0 Å². The van der Waals surface area contributed by atoms with Gasteiger partial charge in [-0.25, -0.2) is 4.98 Å². The highest BCUT2D eigenvalue weighted by molar-refractivity contribution is 5.50. The van der Waals surface area contributed by atoms with E-state index in [2.05, 4.69) is 32.7 Å². The van der Waals surface area contributed by atoms with Crippen molar-refractivity contribution in [1.29, 1.82) is 0 Å². The Labute approximate surface area is 176 Å². The summed E-state index contributed by atoms with van der Waals surface area (Å²) < 4.78 is 0. The number of nitrogens with zero attached hydrogens (tertiary/aromatic N) is 6. The molecule has 0 unspecified atom stereocenters. The molecule has 6 nitrogen and oxygen atoms in total. The van der Waals surface area contributed by atoms with E-state index in [-0.39, 0.29) is 0 Å². The Morgan fingerprint density at radius 2 is 1.17 bits per heavy atom. The van der Waals surface area contributed by atoms with Gasteiger partial charge in [-0.2, -0.15) is 4.98 Å². The second kappa shape index (κ2) is 8.76. The molecule has 5 heterocycles. The number of aromatic nitrogens is 2. The Hall–Kier alpha value is -1.40. The third-order valence-corrected chi connectivity index (χ3v) is 7.76. The monoisotopic (exact) mass is 398 g/mol. The van der Waals surface area contributed by atoms with Gasteiger partial charge < -0.3 is 19.6 Å². The van der Waals surface area contributed by atoms with E-state index in [4.69, 9.17) is 9.97 Å². The second-order valence-corrected chi connectivity index (χ2v) is 9.60. The Balaban J connectivity index is 1.20. The Kier molecular flexibility index (Phi) is 5.91. The van der Waals surface area contributed by atoms with Gasteiger partial charge in [0.1, 0.15) is 5.82 Å². The molecule has 0 spiro atoms. The number of hydrogen-bond acceptors (Lipinski definition) is 6. The van der Waals surface area contributed by atoms with Crippen molar-refractivity contribution in [2.24, 2.45) is 0 Å². The van der Waals surface area contributed by atoms with Gasteiger partial charge in [0, 0.05) is 50.0 Å². The van der Waals surface area contributed by atoms with Crippen LogP contribution in [0.15, 0.2) is 6.20 Å². The van der Waals surface area contributed by atoms with Crippen LogP contribution >= 0.6 is 0 Å². The van der Waals surface area contributed by atoms with Crippen LogP contribution in [0.1, 0.15) is 56.9 Å². The first-order valence-corrected chi connectivity index (χ1v) is 12.1. The van der Waals surface area contributed by atoms with Gasteiger partial charge in [0.15, 0.2) is 0 Å². The van der Waals surface area contributed by atoms with Crippen molar-refractivity contribution >= 4 is 11.8 Å². The molecule has 160 valence electrons. The Bertz CT molecular complexity index is 666. The van der Waals surface area contributed by atoms with E-state index in [1.807, 2.05) is 0 Å². The van der Waals surface area contributed by atoms with E-state index in [1.165, 1.54) is 88.9 Å². The minimum atomic E-state index is 0.781. The lowest BCUT2D eigenvalue weighted by atomic mass is 10.0. The summed E-state index contributed by atoms with van der Waals surface area (Å²) in [7, 11) is 0. The summed E-state index contributed by atoms with van der Waals surface area (Å²) in [5, 5.41) is 0. The lowest BCUT2D eigenvalue weighted by Crippen LogP contribution is -2.45. The second-order valence-electron chi connectivity index (χ2n) is 9.60. The summed E-state index contributed by atoms with van der Waals surface area (Å²) >= 11 is 0. The van der Waals surface area contributed by atoms with Crippen molar-refractivity contribution in [3.63, 3.8) is 0 Å². The third-order valence-electron chi connectivity index (χ3n) is 7.76. The highest BCUT2D eigenvalue weighted by Gasteiger charge is 2.29. The minimum Gasteiger partial charge on any atom is -0.356 e. The van der Waals surface area contributed by atoms with Crippen LogP contribution in [0, 0.1) is 6.92 Å². The normalized spacial score (nSPS) is 26.0. The van der Waals surface area contributed by atoms with Crippen molar-refractivity contribution in [2.75, 3.05) is 62.2 Å². The maximum atomic E-state index is 5.08. The molecule has 0 amide bonds. The average Bonchev–Trinajstić information content (AvgIpc) is 3.49. The van der Waals surface area contributed by atoms with Crippen molar-refractivity contribution in [1.82, 2.24) is 19.8 Å². The number of hydrogen-bond donors (Lipinski definition) is 0. The van der Waals surface area contributed by atoms with Crippen LogP contribution in [0.5, 0.6) is 0 Å². The first-order valence-electron chi connectivity index (χ1n) is 12.1. The first kappa shape index (κ1) is 19.6. The van der Waals surface area contributed by atoms with Crippen LogP contribution in [0.4, 0.5) is 11.8 Å². The van der Waals surface area contributed by atoms with Crippen LogP contribution in [0.25, 0.3) is 0 Å². The van der Waals surface area contributed by atoms with E-state index in [1.54, 1.807) is 0 Å². The number of aryl methyl sites for hydroxylation is 1. The Morgan fingerprint density at radius 1 is 0.690 bits per heavy atom. The molecule has 4 aliphatic rings. The van der Waals surface area contributed by atoms with Crippen molar-refractivity contribution < 1.29 is 0 Å². The van der Waals surface area contributed by atoms with Crippen LogP contribution in [-0.4, -0.2) is 84.2 Å². The van der Waals surface area contributed by atoms with Crippen molar-refractivity contribution in [3.8, 4) is 0 Å². The quantitative estimate of drug-likeness (QED) is 0.777. The van der Waals surface area contributed by atoms with Gasteiger partial charge in [-0.05, 0) is 84.5 Å². The van der Waals surface area contributed by atoms with Crippen LogP contribution in [-0.2, 0) is 0 Å². The van der Waals surface area contributed by atoms with Gasteiger partial charge in [0.25, 0.3) is 0 Å². The molecule has 0 atom stereocenters. The molecule has 5 rings (SSSR count). The predicted molar refractivity (Wildman–Crippen MR) is 119 cm³/mol. The molecular weight excluding hydrogens is 360 g/mol. The molecule has 0 N–H and O–H groups in total. The fraction of sp³-hybridized carbons (Fsp3) is 0.826. The molecule has 0 saturated carbocycles. The van der Waals surface area contributed by atoms with Gasteiger partial charge in [-0.15, -0.1) is 0 Å². The van der Waals surface area contributed by atoms with E-state index in [0.29, 0.717) is 0 Å². The summed E-state index contributed by atoms with van der Waals surface area (Å²) in [6, 6.07) is 1.57. The molecule has 4 fully saturated rings. The SMILES string of the molecule is Cc1cnc(N2CCC(N3CCCC3)CC2)nc1N1CCC(N2CCCC2)CC1. The average molecular weight is 399 g/mol. The molecule has 29 heavy (non-hydrogen) atoms. The lowest BCUT2D eigenvalue weighted by Gasteiger charge is -2.39. The Morgan fingerprint density at radius 3 is 1.69 bits per heavy atom. The molecule has 6 heteroatoms. The third kappa shape index (κ3) is 4.24. The maximum Gasteiger partial charge on any atom is 0.227 e. The number of rotatable bonds is 4. The fourth-order valence-corrected chi connectivity index (χ4v) is 5.98. The largest absolute Gasteiger partial charge is 0.356 e. The minimum absolute atomic E-state index is 0.781. The highest BCUT2D eigenvalue weighted by atomic mass is 15.3. The van der Waals surface area contributed by atoms with Crippen molar-refractivity contribution in [3.05, 3.63) is 11.8 Å². The molecule has 0 aliphatic carbocycles. The molecule has 0 radical (unpaired) electrons. The van der Waals surface area contributed by atoms with E-state index in [9.17, 15) is 0 Å². The number of likely N-dealkylation sites (tertiary alicyclic amines) is 2. The molecule has 0 aromatic carbocycles. The number of piperidine rings is 2. The van der Waals surface area contributed by atoms with Crippen molar-refractivity contribution in [2.45, 2.75) is 70.4 Å². The predicted octanol–water partition coefficient (Wildman–Crippen LogP) is 2.91. The zero-order valence-corrected chi connectivity index (χ0v) is 18.2. The zero-order chi connectivity index (χ0) is 19.6. The van der Waals surface area contributed by atoms with Gasteiger partial charge in [-0.1, -0.05) is 0 Å². The molecule has 4 saturated heterocycles. The summed E-state index contributed by atoms with van der Waals surface area (Å²) in [6.45, 7) is 11.9. The summed E-state index contributed by atoms with van der Waals surface area (Å²) in [4.78, 5) is 20.2. The van der Waals surface area contributed by atoms with Crippen LogP contribution in [0.3, 0.4) is 0 Å². The molecule has 4 aliphatic heterocycles. The zero-order valence-electron chi connectivity index (χ0n) is 18.2. The van der Waals surface area contributed by atoms with E-state index < -0.39 is 0 Å². The van der Waals surface area contributed by atoms with E-state index in [0.717, 1.165) is 44.2 Å². The molecule has 1 aromatic rings. The van der Waals surface area contributed by atoms with E-state index >= 15 is 0 Å². The van der Waals surface area contributed by atoms with Gasteiger partial charge in [0.2, 0.25) is 5.95 Å². The lowest BCUT2D eigenvalue weighted by molar-refractivity contribution is 0.207. The summed E-state index contributed by atoms with van der Waals surface area (Å²) in [5.74, 6) is 2.13. The smallest absolute Gasteiger partial charge is 0.227 e. The fourth-order valence-electron chi connectivity index (χ4n) is 5.98. The topological polar surface area (TPSA) is 38.7 Å². The molecule has 0 bridgehead atoms.